The third-order valence-corrected chi connectivity index (χ3v) is 4.67. The molecule has 0 saturated carbocycles. The standard InChI is InChI=1S/C21H36N2O3/c1-18-7-5-6-8-19(18)15-23(10-9-22-11-13-25-14-12-22)16-20(24)17-26-21(2,3)4/h5-8,20,24H,9-17H2,1-4H3/t20-/m0/s1. The van der Waals surface area contributed by atoms with E-state index in [9.17, 15) is 5.11 Å². The van der Waals surface area contributed by atoms with Gasteiger partial charge in [-0.2, -0.15) is 0 Å². The molecule has 1 fully saturated rings. The van der Waals surface area contributed by atoms with Gasteiger partial charge in [-0.05, 0) is 38.8 Å². The Hall–Kier alpha value is -0.980. The molecule has 0 radical (unpaired) electrons. The lowest BCUT2D eigenvalue weighted by atomic mass is 10.1. The van der Waals surface area contributed by atoms with Crippen molar-refractivity contribution in [2.75, 3.05) is 52.5 Å². The molecule has 0 amide bonds. The lowest BCUT2D eigenvalue weighted by molar-refractivity contribution is -0.0575. The van der Waals surface area contributed by atoms with Gasteiger partial charge in [-0.25, -0.2) is 0 Å². The van der Waals surface area contributed by atoms with E-state index in [1.165, 1.54) is 11.1 Å². The van der Waals surface area contributed by atoms with Crippen molar-refractivity contribution in [3.63, 3.8) is 0 Å². The molecule has 1 N–H and O–H groups in total. The molecule has 2 rings (SSSR count). The van der Waals surface area contributed by atoms with Crippen LogP contribution in [0.1, 0.15) is 31.9 Å². The van der Waals surface area contributed by atoms with Gasteiger partial charge >= 0.3 is 0 Å². The van der Waals surface area contributed by atoms with Gasteiger partial charge in [0.15, 0.2) is 0 Å². The van der Waals surface area contributed by atoms with E-state index in [0.717, 1.165) is 45.9 Å². The molecule has 0 aromatic heterocycles. The van der Waals surface area contributed by atoms with Gasteiger partial charge in [0.25, 0.3) is 0 Å². The van der Waals surface area contributed by atoms with Crippen LogP contribution in [0.4, 0.5) is 0 Å². The number of ether oxygens (including phenoxy) is 2. The van der Waals surface area contributed by atoms with Gasteiger partial charge in [0, 0.05) is 39.3 Å². The smallest absolute Gasteiger partial charge is 0.0900 e. The van der Waals surface area contributed by atoms with Crippen LogP contribution in [0.2, 0.25) is 0 Å². The van der Waals surface area contributed by atoms with E-state index in [1.54, 1.807) is 0 Å². The van der Waals surface area contributed by atoms with Crippen molar-refractivity contribution in [3.05, 3.63) is 35.4 Å². The Kier molecular flexibility index (Phi) is 8.51. The van der Waals surface area contributed by atoms with E-state index in [2.05, 4.69) is 41.0 Å². The van der Waals surface area contributed by atoms with Crippen LogP contribution >= 0.6 is 0 Å². The summed E-state index contributed by atoms with van der Waals surface area (Å²) >= 11 is 0. The van der Waals surface area contributed by atoms with Gasteiger partial charge in [-0.3, -0.25) is 9.80 Å². The monoisotopic (exact) mass is 364 g/mol. The highest BCUT2D eigenvalue weighted by atomic mass is 16.5. The first kappa shape index (κ1) is 21.3. The highest BCUT2D eigenvalue weighted by Gasteiger charge is 2.18. The average Bonchev–Trinajstić information content (AvgIpc) is 2.60. The molecule has 1 heterocycles. The predicted octanol–water partition coefficient (Wildman–Crippen LogP) is 2.31. The summed E-state index contributed by atoms with van der Waals surface area (Å²) in [5.74, 6) is 0. The van der Waals surface area contributed by atoms with Crippen LogP contribution in [0.25, 0.3) is 0 Å². The topological polar surface area (TPSA) is 45.2 Å². The summed E-state index contributed by atoms with van der Waals surface area (Å²) < 4.78 is 11.2. The molecule has 148 valence electrons. The minimum atomic E-state index is -0.483. The van der Waals surface area contributed by atoms with Crippen molar-refractivity contribution in [1.82, 2.24) is 9.80 Å². The number of morpholine rings is 1. The van der Waals surface area contributed by atoms with E-state index in [0.29, 0.717) is 13.2 Å². The maximum absolute atomic E-state index is 10.5. The Morgan fingerprint density at radius 3 is 2.58 bits per heavy atom. The zero-order valence-corrected chi connectivity index (χ0v) is 16.9. The van der Waals surface area contributed by atoms with E-state index >= 15 is 0 Å². The van der Waals surface area contributed by atoms with E-state index in [1.807, 2.05) is 20.8 Å². The normalized spacial score (nSPS) is 17.6. The van der Waals surface area contributed by atoms with Crippen LogP contribution in [-0.2, 0) is 16.0 Å². The molecule has 5 nitrogen and oxygen atoms in total. The fourth-order valence-electron chi connectivity index (χ4n) is 3.07. The highest BCUT2D eigenvalue weighted by molar-refractivity contribution is 5.25. The lowest BCUT2D eigenvalue weighted by Crippen LogP contribution is -2.43. The van der Waals surface area contributed by atoms with Gasteiger partial charge in [0.2, 0.25) is 0 Å². The molecule has 1 aromatic rings. The maximum atomic E-state index is 10.5. The number of hydrogen-bond donors (Lipinski definition) is 1. The SMILES string of the molecule is Cc1ccccc1CN(CCN1CCOCC1)C[C@H](O)COC(C)(C)C. The second kappa shape index (κ2) is 10.4. The van der Waals surface area contributed by atoms with Crippen LogP contribution in [-0.4, -0.2) is 79.2 Å². The number of rotatable bonds is 9. The second-order valence-electron chi connectivity index (χ2n) is 8.19. The minimum Gasteiger partial charge on any atom is -0.389 e. The van der Waals surface area contributed by atoms with E-state index in [4.69, 9.17) is 9.47 Å². The summed E-state index contributed by atoms with van der Waals surface area (Å²) in [5, 5.41) is 10.5. The fourth-order valence-corrected chi connectivity index (χ4v) is 3.07. The molecule has 0 aliphatic carbocycles. The molecule has 0 spiro atoms. The average molecular weight is 365 g/mol. The molecule has 1 aliphatic rings. The second-order valence-corrected chi connectivity index (χ2v) is 8.19. The quantitative estimate of drug-likeness (QED) is 0.728. The molecule has 26 heavy (non-hydrogen) atoms. The van der Waals surface area contributed by atoms with Gasteiger partial charge in [0.1, 0.15) is 0 Å². The van der Waals surface area contributed by atoms with Crippen molar-refractivity contribution in [1.29, 1.82) is 0 Å². The van der Waals surface area contributed by atoms with Crippen molar-refractivity contribution in [2.45, 2.75) is 45.9 Å². The fraction of sp³-hybridized carbons (Fsp3) is 0.714. The Balaban J connectivity index is 1.92. The highest BCUT2D eigenvalue weighted by Crippen LogP contribution is 2.13. The van der Waals surface area contributed by atoms with Crippen LogP contribution in [0.5, 0.6) is 0 Å². The zero-order valence-electron chi connectivity index (χ0n) is 16.9. The number of benzene rings is 1. The largest absolute Gasteiger partial charge is 0.389 e. The molecule has 1 atom stereocenters. The van der Waals surface area contributed by atoms with Crippen molar-refractivity contribution < 1.29 is 14.6 Å². The van der Waals surface area contributed by atoms with Crippen LogP contribution < -0.4 is 0 Å². The zero-order chi connectivity index (χ0) is 19.0. The maximum Gasteiger partial charge on any atom is 0.0900 e. The van der Waals surface area contributed by atoms with Gasteiger partial charge in [-0.1, -0.05) is 24.3 Å². The first-order valence-corrected chi connectivity index (χ1v) is 9.72. The summed E-state index contributed by atoms with van der Waals surface area (Å²) in [6.45, 7) is 15.6. The van der Waals surface area contributed by atoms with Gasteiger partial charge in [-0.15, -0.1) is 0 Å². The number of nitrogens with zero attached hydrogens (tertiary/aromatic N) is 2. The number of hydrogen-bond acceptors (Lipinski definition) is 5. The molecule has 5 heteroatoms. The summed E-state index contributed by atoms with van der Waals surface area (Å²) in [7, 11) is 0. The van der Waals surface area contributed by atoms with Crippen molar-refractivity contribution in [2.24, 2.45) is 0 Å². The third-order valence-electron chi connectivity index (χ3n) is 4.67. The molecular weight excluding hydrogens is 328 g/mol. The minimum absolute atomic E-state index is 0.227. The van der Waals surface area contributed by atoms with Crippen molar-refractivity contribution in [3.8, 4) is 0 Å². The van der Waals surface area contributed by atoms with Gasteiger partial charge in [0.05, 0.1) is 31.5 Å². The van der Waals surface area contributed by atoms with E-state index < -0.39 is 6.10 Å². The summed E-state index contributed by atoms with van der Waals surface area (Å²) in [5.41, 5.74) is 2.39. The molecular formula is C21H36N2O3. The number of aryl methyl sites for hydroxylation is 1. The Morgan fingerprint density at radius 2 is 1.92 bits per heavy atom. The Labute approximate surface area is 158 Å². The Bertz CT molecular complexity index is 524. The summed E-state index contributed by atoms with van der Waals surface area (Å²) in [4.78, 5) is 4.78. The van der Waals surface area contributed by atoms with E-state index in [-0.39, 0.29) is 5.60 Å². The van der Waals surface area contributed by atoms with Crippen molar-refractivity contribution >= 4 is 0 Å². The number of aliphatic hydroxyl groups is 1. The van der Waals surface area contributed by atoms with Crippen LogP contribution in [0, 0.1) is 6.92 Å². The molecule has 0 bridgehead atoms. The number of aliphatic hydroxyl groups excluding tert-OH is 1. The first-order chi connectivity index (χ1) is 12.3. The van der Waals surface area contributed by atoms with Crippen LogP contribution in [0.15, 0.2) is 24.3 Å². The molecule has 1 saturated heterocycles. The van der Waals surface area contributed by atoms with Crippen LogP contribution in [0.3, 0.4) is 0 Å². The predicted molar refractivity (Wildman–Crippen MR) is 105 cm³/mol. The lowest BCUT2D eigenvalue weighted by Gasteiger charge is -2.31. The summed E-state index contributed by atoms with van der Waals surface area (Å²) in [6, 6.07) is 8.48. The molecule has 1 aromatic carbocycles. The molecule has 1 aliphatic heterocycles. The Morgan fingerprint density at radius 1 is 1.23 bits per heavy atom. The third kappa shape index (κ3) is 8.14. The summed E-state index contributed by atoms with van der Waals surface area (Å²) in [6.07, 6.45) is -0.483. The molecule has 0 unspecified atom stereocenters. The van der Waals surface area contributed by atoms with Gasteiger partial charge < -0.3 is 14.6 Å². The first-order valence-electron chi connectivity index (χ1n) is 9.72.